The molecule has 1 heterocycles. The van der Waals surface area contributed by atoms with Gasteiger partial charge in [-0.25, -0.2) is 8.42 Å². The molecule has 0 unspecified atom stereocenters. The molecule has 0 bridgehead atoms. The minimum Gasteiger partial charge on any atom is -0.492 e. The van der Waals surface area contributed by atoms with E-state index in [4.69, 9.17) is 19.5 Å². The van der Waals surface area contributed by atoms with Gasteiger partial charge in [0, 0.05) is 25.2 Å². The third kappa shape index (κ3) is 4.96. The van der Waals surface area contributed by atoms with Gasteiger partial charge in [0.15, 0.2) is 0 Å². The number of nitrogens with zero attached hydrogens (tertiary/aromatic N) is 2. The van der Waals surface area contributed by atoms with Crippen molar-refractivity contribution < 1.29 is 22.6 Å². The van der Waals surface area contributed by atoms with E-state index >= 15 is 0 Å². The Kier molecular flexibility index (Phi) is 7.03. The maximum Gasteiger partial charge on any atom is 0.262 e. The maximum absolute atomic E-state index is 12.9. The topological polar surface area (TPSA) is 101 Å². The van der Waals surface area contributed by atoms with Crippen LogP contribution < -0.4 is 19.1 Å². The zero-order chi connectivity index (χ0) is 21.6. The van der Waals surface area contributed by atoms with Crippen LogP contribution in [0.2, 0.25) is 0 Å². The van der Waals surface area contributed by atoms with Crippen molar-refractivity contribution in [3.8, 4) is 17.6 Å². The van der Waals surface area contributed by atoms with E-state index in [0.717, 1.165) is 5.69 Å². The van der Waals surface area contributed by atoms with Crippen molar-refractivity contribution in [3.05, 3.63) is 42.0 Å². The van der Waals surface area contributed by atoms with E-state index in [0.29, 0.717) is 51.0 Å². The molecule has 1 fully saturated rings. The fourth-order valence-corrected chi connectivity index (χ4v) is 4.27. The third-order valence-corrected chi connectivity index (χ3v) is 5.89. The minimum atomic E-state index is -3.93. The predicted octanol–water partition coefficient (Wildman–Crippen LogP) is 2.99. The highest BCUT2D eigenvalue weighted by molar-refractivity contribution is 7.92. The molecule has 2 aromatic carbocycles. The van der Waals surface area contributed by atoms with Crippen molar-refractivity contribution in [2.45, 2.75) is 18.7 Å². The molecule has 1 saturated heterocycles. The lowest BCUT2D eigenvalue weighted by molar-refractivity contribution is 0.122. The van der Waals surface area contributed by atoms with Crippen molar-refractivity contribution in [1.82, 2.24) is 0 Å². The number of benzene rings is 2. The number of hydrogen-bond donors (Lipinski definition) is 1. The molecule has 0 spiro atoms. The summed E-state index contributed by atoms with van der Waals surface area (Å²) in [6.45, 7) is 7.14. The molecule has 9 heteroatoms. The molecule has 160 valence electrons. The van der Waals surface area contributed by atoms with Crippen molar-refractivity contribution in [1.29, 1.82) is 5.26 Å². The number of morpholine rings is 1. The van der Waals surface area contributed by atoms with Gasteiger partial charge in [0.05, 0.1) is 54.3 Å². The molecule has 0 atom stereocenters. The SMILES string of the molecule is CCOc1cc(N2CCOCC2)c(OCC)cc1NS(=O)(=O)c1cccc(C#N)c1. The number of nitrogens with one attached hydrogen (secondary N) is 1. The van der Waals surface area contributed by atoms with Gasteiger partial charge in [-0.15, -0.1) is 0 Å². The first kappa shape index (κ1) is 21.7. The van der Waals surface area contributed by atoms with Gasteiger partial charge in [-0.3, -0.25) is 4.72 Å². The van der Waals surface area contributed by atoms with Crippen LogP contribution >= 0.6 is 0 Å². The zero-order valence-corrected chi connectivity index (χ0v) is 17.9. The highest BCUT2D eigenvalue weighted by atomic mass is 32.2. The Morgan fingerprint density at radius 1 is 1.10 bits per heavy atom. The maximum atomic E-state index is 12.9. The van der Waals surface area contributed by atoms with Crippen molar-refractivity contribution >= 4 is 21.4 Å². The lowest BCUT2D eigenvalue weighted by Crippen LogP contribution is -2.36. The van der Waals surface area contributed by atoms with Crippen LogP contribution in [0.4, 0.5) is 11.4 Å². The summed E-state index contributed by atoms with van der Waals surface area (Å²) < 4.78 is 45.4. The molecule has 3 rings (SSSR count). The second-order valence-electron chi connectivity index (χ2n) is 6.53. The number of rotatable bonds is 8. The molecule has 8 nitrogen and oxygen atoms in total. The van der Waals surface area contributed by atoms with Crippen LogP contribution in [0, 0.1) is 11.3 Å². The van der Waals surface area contributed by atoms with E-state index in [9.17, 15) is 8.42 Å². The number of ether oxygens (including phenoxy) is 3. The number of nitriles is 1. The molecule has 30 heavy (non-hydrogen) atoms. The molecule has 0 saturated carbocycles. The van der Waals surface area contributed by atoms with Gasteiger partial charge in [0.1, 0.15) is 11.5 Å². The summed E-state index contributed by atoms with van der Waals surface area (Å²) in [5, 5.41) is 9.07. The Hall–Kier alpha value is -2.96. The summed E-state index contributed by atoms with van der Waals surface area (Å²) in [7, 11) is -3.93. The van der Waals surface area contributed by atoms with Crippen LogP contribution in [-0.4, -0.2) is 47.9 Å². The third-order valence-electron chi connectivity index (χ3n) is 4.53. The first-order chi connectivity index (χ1) is 14.5. The largest absolute Gasteiger partial charge is 0.492 e. The summed E-state index contributed by atoms with van der Waals surface area (Å²) in [5.74, 6) is 0.966. The van der Waals surface area contributed by atoms with Crippen LogP contribution in [0.5, 0.6) is 11.5 Å². The van der Waals surface area contributed by atoms with E-state index in [-0.39, 0.29) is 16.1 Å². The second-order valence-corrected chi connectivity index (χ2v) is 8.21. The molecule has 0 amide bonds. The molecule has 0 aliphatic carbocycles. The summed E-state index contributed by atoms with van der Waals surface area (Å²) in [4.78, 5) is 2.13. The van der Waals surface area contributed by atoms with Gasteiger partial charge in [-0.1, -0.05) is 6.07 Å². The Morgan fingerprint density at radius 3 is 2.47 bits per heavy atom. The summed E-state index contributed by atoms with van der Waals surface area (Å²) in [6, 6.07) is 11.2. The van der Waals surface area contributed by atoms with E-state index in [1.165, 1.54) is 18.2 Å². The predicted molar refractivity (Wildman–Crippen MR) is 114 cm³/mol. The first-order valence-electron chi connectivity index (χ1n) is 9.77. The van der Waals surface area contributed by atoms with Crippen molar-refractivity contribution in [2.75, 3.05) is 49.1 Å². The van der Waals surface area contributed by atoms with Gasteiger partial charge in [0.2, 0.25) is 0 Å². The molecule has 1 aliphatic rings. The van der Waals surface area contributed by atoms with Crippen molar-refractivity contribution in [2.24, 2.45) is 0 Å². The quantitative estimate of drug-likeness (QED) is 0.686. The fraction of sp³-hybridized carbons (Fsp3) is 0.381. The highest BCUT2D eigenvalue weighted by Crippen LogP contribution is 2.40. The van der Waals surface area contributed by atoms with Gasteiger partial charge in [0.25, 0.3) is 10.0 Å². The van der Waals surface area contributed by atoms with Crippen LogP contribution in [0.25, 0.3) is 0 Å². The summed E-state index contributed by atoms with van der Waals surface area (Å²) in [5.41, 5.74) is 1.37. The van der Waals surface area contributed by atoms with E-state index in [1.807, 2.05) is 19.9 Å². The Balaban J connectivity index is 2.02. The smallest absolute Gasteiger partial charge is 0.262 e. The lowest BCUT2D eigenvalue weighted by atomic mass is 10.2. The van der Waals surface area contributed by atoms with Crippen LogP contribution in [0.15, 0.2) is 41.3 Å². The van der Waals surface area contributed by atoms with Gasteiger partial charge in [-0.2, -0.15) is 5.26 Å². The zero-order valence-electron chi connectivity index (χ0n) is 17.1. The molecule has 1 aliphatic heterocycles. The molecular formula is C21H25N3O5S. The lowest BCUT2D eigenvalue weighted by Gasteiger charge is -2.31. The average molecular weight is 432 g/mol. The number of anilines is 2. The Bertz CT molecular complexity index is 1030. The fourth-order valence-electron chi connectivity index (χ4n) is 3.16. The van der Waals surface area contributed by atoms with Crippen molar-refractivity contribution in [3.63, 3.8) is 0 Å². The summed E-state index contributed by atoms with van der Waals surface area (Å²) in [6.07, 6.45) is 0. The van der Waals surface area contributed by atoms with E-state index in [1.54, 1.807) is 18.2 Å². The number of hydrogen-bond acceptors (Lipinski definition) is 7. The first-order valence-corrected chi connectivity index (χ1v) is 11.3. The minimum absolute atomic E-state index is 0.000728. The Morgan fingerprint density at radius 2 is 1.80 bits per heavy atom. The molecule has 0 radical (unpaired) electrons. The monoisotopic (exact) mass is 431 g/mol. The van der Waals surface area contributed by atoms with E-state index in [2.05, 4.69) is 9.62 Å². The molecule has 0 aromatic heterocycles. The summed E-state index contributed by atoms with van der Waals surface area (Å²) >= 11 is 0. The highest BCUT2D eigenvalue weighted by Gasteiger charge is 2.23. The Labute approximate surface area is 177 Å². The van der Waals surface area contributed by atoms with Gasteiger partial charge >= 0.3 is 0 Å². The van der Waals surface area contributed by atoms with Crippen LogP contribution in [-0.2, 0) is 14.8 Å². The standard InChI is InChI=1S/C21H25N3O5S/c1-3-28-20-14-19(24-8-10-27-11-9-24)21(29-4-2)13-18(20)23-30(25,26)17-7-5-6-16(12-17)15-22/h5-7,12-14,23H,3-4,8-11H2,1-2H3. The van der Waals surface area contributed by atoms with Crippen LogP contribution in [0.1, 0.15) is 19.4 Å². The van der Waals surface area contributed by atoms with Gasteiger partial charge in [-0.05, 0) is 32.0 Å². The van der Waals surface area contributed by atoms with Gasteiger partial charge < -0.3 is 19.1 Å². The second kappa shape index (κ2) is 9.69. The molecule has 2 aromatic rings. The van der Waals surface area contributed by atoms with Crippen LogP contribution in [0.3, 0.4) is 0 Å². The van der Waals surface area contributed by atoms with E-state index < -0.39 is 10.0 Å². The molecular weight excluding hydrogens is 406 g/mol. The molecule has 1 N–H and O–H groups in total. The normalized spacial score (nSPS) is 14.1. The average Bonchev–Trinajstić information content (AvgIpc) is 2.76. The number of sulfonamides is 1.